The number of carbonyl (C=O) groups is 2. The van der Waals surface area contributed by atoms with Gasteiger partial charge in [-0.25, -0.2) is 9.97 Å². The lowest BCUT2D eigenvalue weighted by Crippen LogP contribution is -2.45. The molecule has 0 saturated carbocycles. The summed E-state index contributed by atoms with van der Waals surface area (Å²) in [6.45, 7) is 5.28. The van der Waals surface area contributed by atoms with Crippen molar-refractivity contribution >= 4 is 11.9 Å². The summed E-state index contributed by atoms with van der Waals surface area (Å²) in [6.07, 6.45) is 8.34. The van der Waals surface area contributed by atoms with E-state index in [0.29, 0.717) is 55.5 Å². The molecule has 4 rings (SSSR count). The summed E-state index contributed by atoms with van der Waals surface area (Å²) < 4.78 is 17.7. The number of rotatable bonds is 16. The zero-order valence-electron chi connectivity index (χ0n) is 26.3. The summed E-state index contributed by atoms with van der Waals surface area (Å²) >= 11 is 0. The van der Waals surface area contributed by atoms with E-state index in [1.807, 2.05) is 17.0 Å². The second-order valence-electron chi connectivity index (χ2n) is 12.6. The standard InChI is InChI=1S/C32H47N5O6/c1-6-7-15-35(16-8-9-17-37(2,3)4)29(38)21-36-20-24(23-18-26(41-5)31-27(19-23)42-22-43-31)30(32(39)40)25(36)11-12-28-33-13-10-14-34-28/h10,13-14,18-19,24-25,30H,6-9,11-12,15-17,20-22H2,1-5H3/p+1/t24-,25+,30-/m1/s1. The van der Waals surface area contributed by atoms with E-state index in [0.717, 1.165) is 42.3 Å². The zero-order valence-corrected chi connectivity index (χ0v) is 26.3. The highest BCUT2D eigenvalue weighted by molar-refractivity contribution is 5.79. The average Bonchev–Trinajstić information content (AvgIpc) is 3.60. The Labute approximate surface area is 255 Å². The van der Waals surface area contributed by atoms with Crippen LogP contribution >= 0.6 is 0 Å². The van der Waals surface area contributed by atoms with Crippen LogP contribution in [0.4, 0.5) is 0 Å². The normalized spacial score (nSPS) is 19.9. The number of carbonyl (C=O) groups excluding carboxylic acids is 1. The largest absolute Gasteiger partial charge is 0.493 e. The number of carboxylic acids is 1. The number of methoxy groups -OCH3 is 1. The third-order valence-electron chi connectivity index (χ3n) is 8.40. The van der Waals surface area contributed by atoms with Crippen molar-refractivity contribution in [3.63, 3.8) is 0 Å². The molecule has 0 bridgehead atoms. The minimum Gasteiger partial charge on any atom is -0.493 e. The maximum absolute atomic E-state index is 13.8. The fraction of sp³-hybridized carbons (Fsp3) is 0.625. The number of fused-ring (bicyclic) bond motifs is 1. The van der Waals surface area contributed by atoms with Gasteiger partial charge in [0.05, 0.1) is 47.3 Å². The van der Waals surface area contributed by atoms with E-state index in [-0.39, 0.29) is 31.2 Å². The van der Waals surface area contributed by atoms with Gasteiger partial charge in [0.15, 0.2) is 11.5 Å². The first-order chi connectivity index (χ1) is 20.6. The summed E-state index contributed by atoms with van der Waals surface area (Å²) in [7, 11) is 8.10. The lowest BCUT2D eigenvalue weighted by Gasteiger charge is -2.30. The molecule has 2 aliphatic heterocycles. The number of benzene rings is 1. The Bertz CT molecular complexity index is 1220. The number of ether oxygens (including phenoxy) is 3. The van der Waals surface area contributed by atoms with Gasteiger partial charge in [0.1, 0.15) is 5.82 Å². The molecule has 43 heavy (non-hydrogen) atoms. The lowest BCUT2D eigenvalue weighted by molar-refractivity contribution is -0.870. The lowest BCUT2D eigenvalue weighted by atomic mass is 9.83. The number of aryl methyl sites for hydroxylation is 1. The summed E-state index contributed by atoms with van der Waals surface area (Å²) in [5.74, 6) is 0.288. The van der Waals surface area contributed by atoms with Crippen molar-refractivity contribution in [2.75, 3.05) is 67.8 Å². The SMILES string of the molecule is CCCCN(CCCC[N+](C)(C)C)C(=O)CN1C[C@H](c2cc(OC)c3c(c2)OCO3)[C@@H](C(=O)O)[C@@H]1CCc1ncccn1. The van der Waals surface area contributed by atoms with Crippen molar-refractivity contribution < 1.29 is 33.4 Å². The number of aliphatic carboxylic acids is 1. The highest BCUT2D eigenvalue weighted by Gasteiger charge is 2.47. The first-order valence-corrected chi connectivity index (χ1v) is 15.4. The number of hydrogen-bond acceptors (Lipinski definition) is 8. The molecule has 0 unspecified atom stereocenters. The molecule has 236 valence electrons. The van der Waals surface area contributed by atoms with Crippen LogP contribution < -0.4 is 14.2 Å². The van der Waals surface area contributed by atoms with Crippen molar-refractivity contribution in [1.29, 1.82) is 0 Å². The van der Waals surface area contributed by atoms with Crippen LogP contribution in [0.5, 0.6) is 17.2 Å². The van der Waals surface area contributed by atoms with E-state index in [1.54, 1.807) is 25.6 Å². The Morgan fingerprint density at radius 2 is 1.86 bits per heavy atom. The molecule has 1 aromatic heterocycles. The van der Waals surface area contributed by atoms with Crippen molar-refractivity contribution in [3.05, 3.63) is 42.0 Å². The molecule has 0 radical (unpaired) electrons. The second kappa shape index (κ2) is 14.8. The van der Waals surface area contributed by atoms with E-state index >= 15 is 0 Å². The second-order valence-corrected chi connectivity index (χ2v) is 12.6. The van der Waals surface area contributed by atoms with Gasteiger partial charge in [-0.1, -0.05) is 13.3 Å². The van der Waals surface area contributed by atoms with E-state index in [9.17, 15) is 14.7 Å². The van der Waals surface area contributed by atoms with Crippen LogP contribution in [0.25, 0.3) is 0 Å². The molecule has 1 amide bonds. The predicted octanol–water partition coefficient (Wildman–Crippen LogP) is 3.43. The fourth-order valence-electron chi connectivity index (χ4n) is 6.16. The molecule has 11 nitrogen and oxygen atoms in total. The summed E-state index contributed by atoms with van der Waals surface area (Å²) in [6, 6.07) is 5.09. The van der Waals surface area contributed by atoms with Gasteiger partial charge in [-0.3, -0.25) is 14.5 Å². The minimum absolute atomic E-state index is 0.0488. The number of aromatic nitrogens is 2. The van der Waals surface area contributed by atoms with E-state index in [2.05, 4.69) is 42.9 Å². The van der Waals surface area contributed by atoms with Crippen LogP contribution in [0.3, 0.4) is 0 Å². The van der Waals surface area contributed by atoms with Gasteiger partial charge in [0.2, 0.25) is 18.4 Å². The third kappa shape index (κ3) is 8.57. The Morgan fingerprint density at radius 1 is 1.12 bits per heavy atom. The fourth-order valence-corrected chi connectivity index (χ4v) is 6.16. The molecule has 1 aromatic carbocycles. The van der Waals surface area contributed by atoms with Crippen molar-refractivity contribution in [3.8, 4) is 17.2 Å². The van der Waals surface area contributed by atoms with E-state index in [1.165, 1.54) is 0 Å². The first kappa shape index (κ1) is 32.5. The minimum atomic E-state index is -0.890. The van der Waals surface area contributed by atoms with Gasteiger partial charge >= 0.3 is 5.97 Å². The van der Waals surface area contributed by atoms with Crippen LogP contribution in [0.1, 0.15) is 56.3 Å². The molecular formula is C32H48N5O6+. The Morgan fingerprint density at radius 3 is 2.53 bits per heavy atom. The first-order valence-electron chi connectivity index (χ1n) is 15.4. The molecule has 3 atom stereocenters. The number of carboxylic acid groups (broad SMARTS) is 1. The number of amides is 1. The van der Waals surface area contributed by atoms with Crippen LogP contribution in [-0.2, 0) is 16.0 Å². The van der Waals surface area contributed by atoms with Crippen LogP contribution in [-0.4, -0.2) is 115 Å². The number of hydrogen-bond donors (Lipinski definition) is 1. The molecule has 2 aliphatic rings. The topological polar surface area (TPSA) is 114 Å². The van der Waals surface area contributed by atoms with Gasteiger partial charge in [0.25, 0.3) is 0 Å². The van der Waals surface area contributed by atoms with E-state index in [4.69, 9.17) is 14.2 Å². The molecule has 0 spiro atoms. The predicted molar refractivity (Wildman–Crippen MR) is 162 cm³/mol. The summed E-state index contributed by atoms with van der Waals surface area (Å²) in [5, 5.41) is 10.6. The molecule has 0 aliphatic carbocycles. The highest BCUT2D eigenvalue weighted by Crippen LogP contribution is 2.47. The summed E-state index contributed by atoms with van der Waals surface area (Å²) in [4.78, 5) is 39.5. The Hall–Kier alpha value is -3.44. The maximum Gasteiger partial charge on any atom is 0.308 e. The van der Waals surface area contributed by atoms with Crippen molar-refractivity contribution in [1.82, 2.24) is 19.8 Å². The number of unbranched alkanes of at least 4 members (excludes halogenated alkanes) is 2. The Balaban J connectivity index is 1.58. The van der Waals surface area contributed by atoms with Gasteiger partial charge in [-0.15, -0.1) is 0 Å². The third-order valence-corrected chi connectivity index (χ3v) is 8.40. The van der Waals surface area contributed by atoms with Gasteiger partial charge < -0.3 is 28.7 Å². The molecule has 11 heteroatoms. The maximum atomic E-state index is 13.8. The molecule has 3 heterocycles. The average molecular weight is 599 g/mol. The highest BCUT2D eigenvalue weighted by atomic mass is 16.7. The van der Waals surface area contributed by atoms with Gasteiger partial charge in [-0.2, -0.15) is 0 Å². The quantitative estimate of drug-likeness (QED) is 0.229. The Kier molecular flexibility index (Phi) is 11.2. The molecule has 1 fully saturated rings. The van der Waals surface area contributed by atoms with E-state index < -0.39 is 11.9 Å². The molecule has 1 saturated heterocycles. The summed E-state index contributed by atoms with van der Waals surface area (Å²) in [5.41, 5.74) is 0.799. The monoisotopic (exact) mass is 598 g/mol. The molecule has 1 N–H and O–H groups in total. The molecular weight excluding hydrogens is 550 g/mol. The van der Waals surface area contributed by atoms with Crippen molar-refractivity contribution in [2.24, 2.45) is 5.92 Å². The van der Waals surface area contributed by atoms with Crippen molar-refractivity contribution in [2.45, 2.75) is 57.4 Å². The van der Waals surface area contributed by atoms with Gasteiger partial charge in [0, 0.05) is 50.4 Å². The van der Waals surface area contributed by atoms with Crippen LogP contribution in [0.15, 0.2) is 30.6 Å². The molecule has 2 aromatic rings. The number of nitrogens with zero attached hydrogens (tertiary/aromatic N) is 5. The number of likely N-dealkylation sites (tertiary alicyclic amines) is 1. The number of quaternary nitrogens is 1. The van der Waals surface area contributed by atoms with Crippen LogP contribution in [0.2, 0.25) is 0 Å². The smallest absolute Gasteiger partial charge is 0.308 e. The van der Waals surface area contributed by atoms with Crippen LogP contribution in [0, 0.1) is 5.92 Å². The zero-order chi connectivity index (χ0) is 31.0. The van der Waals surface area contributed by atoms with Gasteiger partial charge in [-0.05, 0) is 49.4 Å².